The van der Waals surface area contributed by atoms with Crippen molar-refractivity contribution in [2.24, 2.45) is 5.73 Å². The molecule has 0 radical (unpaired) electrons. The highest BCUT2D eigenvalue weighted by Crippen LogP contribution is 2.48. The molecule has 0 fully saturated rings. The molecule has 13 heteroatoms. The van der Waals surface area contributed by atoms with Crippen molar-refractivity contribution >= 4 is 29.5 Å². The fourth-order valence-electron chi connectivity index (χ4n) is 4.49. The van der Waals surface area contributed by atoms with Crippen molar-refractivity contribution in [2.75, 3.05) is 0 Å². The molecule has 1 unspecified atom stereocenters. The number of ether oxygens (including phenoxy) is 1. The molecule has 2 heterocycles. The SMILES string of the molecule is NC(=O)c1cc(C(F)(F)F)cc(F)c1-c1cc2c(c3c1C(c1cc(F)ccc1Cl)NC3=O)OC(=O)NC2. The van der Waals surface area contributed by atoms with Gasteiger partial charge in [-0.25, -0.2) is 13.6 Å². The van der Waals surface area contributed by atoms with Crippen LogP contribution in [0.25, 0.3) is 11.1 Å². The van der Waals surface area contributed by atoms with Gasteiger partial charge < -0.3 is 21.1 Å². The number of amides is 3. The summed E-state index contributed by atoms with van der Waals surface area (Å²) in [5, 5.41) is 4.93. The molecule has 0 spiro atoms. The van der Waals surface area contributed by atoms with Gasteiger partial charge in [-0.2, -0.15) is 13.2 Å². The van der Waals surface area contributed by atoms with Gasteiger partial charge in [0, 0.05) is 33.8 Å². The van der Waals surface area contributed by atoms with E-state index >= 15 is 4.39 Å². The van der Waals surface area contributed by atoms with Crippen molar-refractivity contribution in [3.05, 3.63) is 86.4 Å². The summed E-state index contributed by atoms with van der Waals surface area (Å²) < 4.78 is 74.8. The number of benzene rings is 3. The van der Waals surface area contributed by atoms with Crippen molar-refractivity contribution in [3.8, 4) is 16.9 Å². The lowest BCUT2D eigenvalue weighted by atomic mass is 9.85. The predicted octanol–water partition coefficient (Wildman–Crippen LogP) is 4.84. The van der Waals surface area contributed by atoms with E-state index in [2.05, 4.69) is 10.6 Å². The summed E-state index contributed by atoms with van der Waals surface area (Å²) >= 11 is 6.25. The van der Waals surface area contributed by atoms with E-state index in [1.807, 2.05) is 0 Å². The number of hydrogen-bond donors (Lipinski definition) is 3. The number of primary amides is 1. The van der Waals surface area contributed by atoms with Gasteiger partial charge in [-0.15, -0.1) is 0 Å². The number of carbonyl (C=O) groups excluding carboxylic acids is 3. The Morgan fingerprint density at radius 3 is 2.49 bits per heavy atom. The Balaban J connectivity index is 1.88. The van der Waals surface area contributed by atoms with Gasteiger partial charge in [-0.05, 0) is 42.0 Å². The first kappa shape index (κ1) is 24.5. The van der Waals surface area contributed by atoms with Crippen LogP contribution in [0, 0.1) is 11.6 Å². The van der Waals surface area contributed by atoms with Crippen LogP contribution in [0.1, 0.15) is 49.0 Å². The first-order chi connectivity index (χ1) is 17.4. The van der Waals surface area contributed by atoms with Crippen molar-refractivity contribution < 1.29 is 41.1 Å². The van der Waals surface area contributed by atoms with E-state index < -0.39 is 58.5 Å². The maximum Gasteiger partial charge on any atom is 0.416 e. The van der Waals surface area contributed by atoms with Crippen molar-refractivity contribution in [1.82, 2.24) is 10.6 Å². The van der Waals surface area contributed by atoms with Gasteiger partial charge >= 0.3 is 12.3 Å². The molecule has 5 rings (SSSR count). The normalized spacial score (nSPS) is 16.4. The summed E-state index contributed by atoms with van der Waals surface area (Å²) in [6.07, 6.45) is -5.88. The molecule has 7 nitrogen and oxygen atoms in total. The van der Waals surface area contributed by atoms with Crippen LogP contribution < -0.4 is 21.1 Å². The first-order valence-electron chi connectivity index (χ1n) is 10.5. The Bertz CT molecular complexity index is 1540. The van der Waals surface area contributed by atoms with Gasteiger partial charge in [0.1, 0.15) is 11.6 Å². The number of fused-ring (bicyclic) bond motifs is 3. The maximum absolute atomic E-state index is 15.4. The van der Waals surface area contributed by atoms with E-state index in [1.165, 1.54) is 12.1 Å². The van der Waals surface area contributed by atoms with Crippen LogP contribution in [0.4, 0.5) is 26.7 Å². The van der Waals surface area contributed by atoms with Crippen LogP contribution in [-0.4, -0.2) is 17.9 Å². The molecule has 2 aliphatic heterocycles. The zero-order valence-corrected chi connectivity index (χ0v) is 19.0. The standard InChI is InChI=1S/C24H13ClF5N3O4/c25-14-2-1-10(26)6-11(14)19-17-12(3-8-7-32-23(36)37-20(8)18(17)22(35)33-19)16-13(21(31)34)4-9(5-15(16)27)24(28,29)30/h1-6,19H,7H2,(H2,31,34)(H,32,36)(H,33,35). The molecule has 4 N–H and O–H groups in total. The Morgan fingerprint density at radius 2 is 1.81 bits per heavy atom. The fourth-order valence-corrected chi connectivity index (χ4v) is 4.72. The van der Waals surface area contributed by atoms with Gasteiger partial charge in [0.25, 0.3) is 5.91 Å². The minimum atomic E-state index is -4.99. The summed E-state index contributed by atoms with van der Waals surface area (Å²) in [7, 11) is 0. The van der Waals surface area contributed by atoms with E-state index in [1.54, 1.807) is 0 Å². The monoisotopic (exact) mass is 537 g/mol. The number of hydrogen-bond acceptors (Lipinski definition) is 4. The number of alkyl halides is 3. The summed E-state index contributed by atoms with van der Waals surface area (Å²) in [4.78, 5) is 37.2. The lowest BCUT2D eigenvalue weighted by molar-refractivity contribution is -0.137. The maximum atomic E-state index is 15.4. The van der Waals surface area contributed by atoms with E-state index in [0.717, 1.165) is 12.1 Å². The van der Waals surface area contributed by atoms with Crippen molar-refractivity contribution in [3.63, 3.8) is 0 Å². The third-order valence-corrected chi connectivity index (χ3v) is 6.37. The van der Waals surface area contributed by atoms with Crippen LogP contribution in [0.2, 0.25) is 5.02 Å². The van der Waals surface area contributed by atoms with Gasteiger partial charge in [-0.3, -0.25) is 9.59 Å². The molecule has 0 aliphatic carbocycles. The summed E-state index contributed by atoms with van der Waals surface area (Å²) in [6, 6.07) is 3.89. The Morgan fingerprint density at radius 1 is 1.08 bits per heavy atom. The highest BCUT2D eigenvalue weighted by Gasteiger charge is 2.41. The summed E-state index contributed by atoms with van der Waals surface area (Å²) in [5.41, 5.74) is 2.13. The second kappa shape index (κ2) is 8.44. The number of rotatable bonds is 3. The molecule has 3 aromatic carbocycles. The molecule has 0 saturated heterocycles. The third-order valence-electron chi connectivity index (χ3n) is 6.03. The fraction of sp³-hybridized carbons (Fsp3) is 0.125. The Hall–Kier alpha value is -4.19. The molecule has 0 aromatic heterocycles. The van der Waals surface area contributed by atoms with Gasteiger partial charge in [0.15, 0.2) is 5.75 Å². The number of halogens is 6. The van der Waals surface area contributed by atoms with Crippen LogP contribution in [0.15, 0.2) is 36.4 Å². The van der Waals surface area contributed by atoms with Crippen LogP contribution in [-0.2, 0) is 12.7 Å². The molecule has 2 aliphatic rings. The van der Waals surface area contributed by atoms with E-state index in [9.17, 15) is 31.9 Å². The first-order valence-corrected chi connectivity index (χ1v) is 10.9. The predicted molar refractivity (Wildman–Crippen MR) is 119 cm³/mol. The van der Waals surface area contributed by atoms with Gasteiger partial charge in [0.2, 0.25) is 5.91 Å². The molecule has 37 heavy (non-hydrogen) atoms. The summed E-state index contributed by atoms with van der Waals surface area (Å²) in [6.45, 7) is -0.179. The second-order valence-electron chi connectivity index (χ2n) is 8.26. The van der Waals surface area contributed by atoms with E-state index in [0.29, 0.717) is 6.07 Å². The minimum Gasteiger partial charge on any atom is -0.409 e. The quantitative estimate of drug-likeness (QED) is 0.415. The largest absolute Gasteiger partial charge is 0.416 e. The van der Waals surface area contributed by atoms with Crippen LogP contribution in [0.5, 0.6) is 5.75 Å². The average Bonchev–Trinajstić information content (AvgIpc) is 3.16. The third kappa shape index (κ3) is 4.02. The average molecular weight is 538 g/mol. The van der Waals surface area contributed by atoms with Crippen LogP contribution in [0.3, 0.4) is 0 Å². The zero-order chi connectivity index (χ0) is 26.8. The van der Waals surface area contributed by atoms with Crippen molar-refractivity contribution in [2.45, 2.75) is 18.8 Å². The minimum absolute atomic E-state index is 0.00454. The lowest BCUT2D eigenvalue weighted by Gasteiger charge is -2.24. The molecule has 0 saturated carbocycles. The number of nitrogens with two attached hydrogens (primary N) is 1. The highest BCUT2D eigenvalue weighted by atomic mass is 35.5. The topological polar surface area (TPSA) is 111 Å². The summed E-state index contributed by atoms with van der Waals surface area (Å²) in [5.74, 6) is -4.52. The van der Waals surface area contributed by atoms with E-state index in [4.69, 9.17) is 22.1 Å². The molecule has 3 amide bonds. The highest BCUT2D eigenvalue weighted by molar-refractivity contribution is 6.31. The smallest absolute Gasteiger partial charge is 0.409 e. The lowest BCUT2D eigenvalue weighted by Crippen LogP contribution is -2.32. The Kier molecular flexibility index (Phi) is 5.59. The molecule has 0 bridgehead atoms. The molecular formula is C24H13ClF5N3O4. The molecule has 190 valence electrons. The Labute approximate surface area is 209 Å². The van der Waals surface area contributed by atoms with Crippen LogP contribution >= 0.6 is 11.6 Å². The second-order valence-corrected chi connectivity index (χ2v) is 8.67. The number of nitrogens with one attached hydrogen (secondary N) is 2. The van der Waals surface area contributed by atoms with Crippen molar-refractivity contribution in [1.29, 1.82) is 0 Å². The van der Waals surface area contributed by atoms with Gasteiger partial charge in [-0.1, -0.05) is 11.6 Å². The van der Waals surface area contributed by atoms with Gasteiger partial charge in [0.05, 0.1) is 22.7 Å². The van der Waals surface area contributed by atoms with E-state index in [-0.39, 0.29) is 51.2 Å². The zero-order valence-electron chi connectivity index (χ0n) is 18.2. The molecular weight excluding hydrogens is 525 g/mol. The molecule has 1 atom stereocenters. The number of carbonyl (C=O) groups is 3. The molecule has 3 aromatic rings.